The summed E-state index contributed by atoms with van der Waals surface area (Å²) in [6, 6.07) is 0.556. The third-order valence-corrected chi connectivity index (χ3v) is 2.42. The molecule has 0 bridgehead atoms. The molecule has 86 valence electrons. The molecule has 1 amide bonds. The van der Waals surface area contributed by atoms with Gasteiger partial charge in [-0.1, -0.05) is 12.7 Å². The minimum atomic E-state index is -1.13. The highest BCUT2D eigenvalue weighted by molar-refractivity contribution is 7.08. The van der Waals surface area contributed by atoms with E-state index in [1.165, 1.54) is 17.4 Å². The normalized spacial score (nSPS) is 11.5. The lowest BCUT2D eigenvalue weighted by molar-refractivity contribution is -0.139. The van der Waals surface area contributed by atoms with Crippen molar-refractivity contribution in [3.05, 3.63) is 35.0 Å². The molecule has 0 radical (unpaired) electrons. The van der Waals surface area contributed by atoms with E-state index in [1.54, 1.807) is 16.8 Å². The molecule has 1 aromatic rings. The van der Waals surface area contributed by atoms with Crippen LogP contribution in [-0.2, 0) is 9.53 Å². The number of carbonyl (C=O) groups excluding carboxylic acids is 1. The second kappa shape index (κ2) is 5.92. The maximum Gasteiger partial charge on any atom is 0.408 e. The zero-order valence-corrected chi connectivity index (χ0v) is 9.20. The molecule has 16 heavy (non-hydrogen) atoms. The van der Waals surface area contributed by atoms with Crippen LogP contribution < -0.4 is 5.32 Å². The molecular weight excluding hydrogens is 230 g/mol. The molecule has 0 saturated carbocycles. The van der Waals surface area contributed by atoms with Crippen LogP contribution in [0, 0.1) is 0 Å². The Balaban J connectivity index is 2.63. The summed E-state index contributed by atoms with van der Waals surface area (Å²) in [5.74, 6) is -1.13. The van der Waals surface area contributed by atoms with Crippen molar-refractivity contribution >= 4 is 23.4 Å². The van der Waals surface area contributed by atoms with Gasteiger partial charge in [0.2, 0.25) is 0 Å². The molecule has 0 aliphatic carbocycles. The van der Waals surface area contributed by atoms with Crippen LogP contribution in [0.5, 0.6) is 0 Å². The molecule has 1 unspecified atom stereocenters. The average molecular weight is 241 g/mol. The number of hydrogen-bond acceptors (Lipinski definition) is 4. The second-order valence-electron chi connectivity index (χ2n) is 2.86. The van der Waals surface area contributed by atoms with Crippen molar-refractivity contribution < 1.29 is 19.4 Å². The minimum Gasteiger partial charge on any atom is -0.479 e. The Morgan fingerprint density at radius 2 is 2.44 bits per heavy atom. The van der Waals surface area contributed by atoms with Gasteiger partial charge < -0.3 is 15.2 Å². The summed E-state index contributed by atoms with van der Waals surface area (Å²) in [7, 11) is 0. The Morgan fingerprint density at radius 3 is 2.94 bits per heavy atom. The van der Waals surface area contributed by atoms with Crippen molar-refractivity contribution in [1.29, 1.82) is 0 Å². The molecule has 1 heterocycles. The molecule has 0 fully saturated rings. The summed E-state index contributed by atoms with van der Waals surface area (Å²) in [5.41, 5.74) is 0.521. The van der Waals surface area contributed by atoms with Crippen molar-refractivity contribution in [3.8, 4) is 0 Å². The lowest BCUT2D eigenvalue weighted by Gasteiger charge is -2.12. The Hall–Kier alpha value is -1.82. The molecule has 0 aromatic carbocycles. The fourth-order valence-corrected chi connectivity index (χ4v) is 1.71. The predicted octanol–water partition coefficient (Wildman–Crippen LogP) is 1.79. The van der Waals surface area contributed by atoms with Gasteiger partial charge in [0.1, 0.15) is 6.61 Å². The van der Waals surface area contributed by atoms with E-state index in [-0.39, 0.29) is 6.61 Å². The summed E-state index contributed by atoms with van der Waals surface area (Å²) in [4.78, 5) is 22.1. The van der Waals surface area contributed by atoms with Crippen molar-refractivity contribution in [1.82, 2.24) is 5.32 Å². The van der Waals surface area contributed by atoms with Gasteiger partial charge in [-0.25, -0.2) is 9.59 Å². The molecule has 0 saturated heterocycles. The molecule has 0 aliphatic rings. The number of nitrogens with one attached hydrogen (secondary N) is 1. The molecule has 1 atom stereocenters. The number of carbonyl (C=O) groups is 2. The maximum absolute atomic E-state index is 11.2. The van der Waals surface area contributed by atoms with Crippen molar-refractivity contribution in [2.45, 2.75) is 6.04 Å². The van der Waals surface area contributed by atoms with Gasteiger partial charge in [-0.15, -0.1) is 0 Å². The number of rotatable bonds is 5. The number of amides is 1. The van der Waals surface area contributed by atoms with Gasteiger partial charge in [0.15, 0.2) is 6.04 Å². The van der Waals surface area contributed by atoms with E-state index in [4.69, 9.17) is 5.11 Å². The number of hydrogen-bond donors (Lipinski definition) is 2. The Morgan fingerprint density at radius 1 is 1.69 bits per heavy atom. The Labute approximate surface area is 96.4 Å². The topological polar surface area (TPSA) is 75.6 Å². The highest BCUT2D eigenvalue weighted by atomic mass is 32.1. The highest BCUT2D eigenvalue weighted by Crippen LogP contribution is 2.16. The fraction of sp³-hybridized carbons (Fsp3) is 0.200. The first kappa shape index (κ1) is 12.3. The second-order valence-corrected chi connectivity index (χ2v) is 3.64. The largest absolute Gasteiger partial charge is 0.479 e. The van der Waals surface area contributed by atoms with Crippen LogP contribution in [0.25, 0.3) is 0 Å². The summed E-state index contributed by atoms with van der Waals surface area (Å²) < 4.78 is 4.64. The molecule has 2 N–H and O–H groups in total. The zero-order valence-electron chi connectivity index (χ0n) is 8.38. The van der Waals surface area contributed by atoms with E-state index < -0.39 is 18.1 Å². The van der Waals surface area contributed by atoms with Gasteiger partial charge in [-0.05, 0) is 22.4 Å². The lowest BCUT2D eigenvalue weighted by atomic mass is 10.1. The van der Waals surface area contributed by atoms with E-state index in [2.05, 4.69) is 16.6 Å². The number of carboxylic acid groups (broad SMARTS) is 1. The lowest BCUT2D eigenvalue weighted by Crippen LogP contribution is -2.33. The molecule has 1 aromatic heterocycles. The highest BCUT2D eigenvalue weighted by Gasteiger charge is 2.22. The Bertz CT molecular complexity index is 374. The van der Waals surface area contributed by atoms with Crippen LogP contribution in [0.2, 0.25) is 0 Å². The summed E-state index contributed by atoms with van der Waals surface area (Å²) in [6.45, 7) is 3.42. The van der Waals surface area contributed by atoms with E-state index in [9.17, 15) is 9.59 Å². The molecule has 6 heteroatoms. The van der Waals surface area contributed by atoms with Gasteiger partial charge in [0.05, 0.1) is 0 Å². The number of aliphatic carboxylic acids is 1. The quantitative estimate of drug-likeness (QED) is 0.770. The first-order valence-electron chi connectivity index (χ1n) is 4.44. The molecule has 0 spiro atoms. The number of alkyl carbamates (subject to hydrolysis) is 1. The molecular formula is C10H11NO4S. The SMILES string of the molecule is C=CCOC(=O)NC(C(=O)O)c1ccsc1. The number of thiophene rings is 1. The van der Waals surface area contributed by atoms with Crippen LogP contribution in [0.4, 0.5) is 4.79 Å². The van der Waals surface area contributed by atoms with Crippen molar-refractivity contribution in [2.75, 3.05) is 6.61 Å². The van der Waals surface area contributed by atoms with Gasteiger partial charge in [0.25, 0.3) is 0 Å². The van der Waals surface area contributed by atoms with Crippen LogP contribution in [-0.4, -0.2) is 23.8 Å². The van der Waals surface area contributed by atoms with Crippen LogP contribution >= 0.6 is 11.3 Å². The van der Waals surface area contributed by atoms with Gasteiger partial charge in [-0.2, -0.15) is 11.3 Å². The van der Waals surface area contributed by atoms with Crippen LogP contribution in [0.1, 0.15) is 11.6 Å². The third kappa shape index (κ3) is 3.39. The van der Waals surface area contributed by atoms with Crippen LogP contribution in [0.15, 0.2) is 29.5 Å². The van der Waals surface area contributed by atoms with Gasteiger partial charge in [0, 0.05) is 0 Å². The summed E-state index contributed by atoms with van der Waals surface area (Å²) >= 11 is 1.36. The monoisotopic (exact) mass is 241 g/mol. The molecule has 1 rings (SSSR count). The smallest absolute Gasteiger partial charge is 0.408 e. The molecule has 0 aliphatic heterocycles. The number of ether oxygens (including phenoxy) is 1. The van der Waals surface area contributed by atoms with E-state index in [0.717, 1.165) is 0 Å². The Kier molecular flexibility index (Phi) is 4.53. The predicted molar refractivity (Wildman–Crippen MR) is 59.4 cm³/mol. The van der Waals surface area contributed by atoms with E-state index >= 15 is 0 Å². The zero-order chi connectivity index (χ0) is 12.0. The third-order valence-electron chi connectivity index (χ3n) is 1.72. The van der Waals surface area contributed by atoms with E-state index in [1.807, 2.05) is 0 Å². The first-order valence-corrected chi connectivity index (χ1v) is 5.38. The van der Waals surface area contributed by atoms with Gasteiger partial charge >= 0.3 is 12.1 Å². The summed E-state index contributed by atoms with van der Waals surface area (Å²) in [6.07, 6.45) is 0.624. The summed E-state index contributed by atoms with van der Waals surface area (Å²) in [5, 5.41) is 14.6. The molecule has 5 nitrogen and oxygen atoms in total. The maximum atomic E-state index is 11.2. The first-order chi connectivity index (χ1) is 7.65. The van der Waals surface area contributed by atoms with Crippen molar-refractivity contribution in [3.63, 3.8) is 0 Å². The van der Waals surface area contributed by atoms with Gasteiger partial charge in [-0.3, -0.25) is 0 Å². The fourth-order valence-electron chi connectivity index (χ4n) is 1.02. The minimum absolute atomic E-state index is 0.0435. The van der Waals surface area contributed by atoms with Crippen LogP contribution in [0.3, 0.4) is 0 Å². The number of carboxylic acids is 1. The van der Waals surface area contributed by atoms with Crippen molar-refractivity contribution in [2.24, 2.45) is 0 Å². The standard InChI is InChI=1S/C10H11NO4S/c1-2-4-15-10(14)11-8(9(12)13)7-3-5-16-6-7/h2-3,5-6,8H,1,4H2,(H,11,14)(H,12,13). The average Bonchev–Trinajstić information content (AvgIpc) is 2.75. The van der Waals surface area contributed by atoms with E-state index in [0.29, 0.717) is 5.56 Å².